The van der Waals surface area contributed by atoms with Crippen LogP contribution in [0.5, 0.6) is 23.0 Å². The molecule has 1 unspecified atom stereocenters. The highest BCUT2D eigenvalue weighted by Gasteiger charge is 2.21. The van der Waals surface area contributed by atoms with E-state index in [4.69, 9.17) is 23.5 Å². The van der Waals surface area contributed by atoms with Crippen LogP contribution in [0.4, 0.5) is 0 Å². The minimum Gasteiger partial charge on any atom is -0.493 e. The number of hydrogen-bond acceptors (Lipinski definition) is 8. The van der Waals surface area contributed by atoms with Crippen molar-refractivity contribution in [2.75, 3.05) is 21.0 Å². The van der Waals surface area contributed by atoms with Crippen molar-refractivity contribution < 1.29 is 28.3 Å². The molecule has 4 rings (SSSR count). The van der Waals surface area contributed by atoms with Crippen molar-refractivity contribution in [3.8, 4) is 34.5 Å². The third kappa shape index (κ3) is 3.66. The molecule has 1 aromatic heterocycles. The van der Waals surface area contributed by atoms with Crippen molar-refractivity contribution in [3.05, 3.63) is 47.8 Å². The number of methoxy groups -OCH3 is 2. The number of nitrogens with one attached hydrogen (secondary N) is 1. The van der Waals surface area contributed by atoms with Crippen molar-refractivity contribution in [1.82, 2.24) is 15.5 Å². The van der Waals surface area contributed by atoms with Gasteiger partial charge in [0.2, 0.25) is 6.79 Å². The van der Waals surface area contributed by atoms with E-state index < -0.39 is 5.91 Å². The Bertz CT molecular complexity index is 1050. The van der Waals surface area contributed by atoms with Gasteiger partial charge in [0.1, 0.15) is 0 Å². The maximum atomic E-state index is 12.5. The van der Waals surface area contributed by atoms with Crippen molar-refractivity contribution in [3.63, 3.8) is 0 Å². The summed E-state index contributed by atoms with van der Waals surface area (Å²) in [6.45, 7) is 2.02. The second kappa shape index (κ2) is 7.70. The van der Waals surface area contributed by atoms with Crippen LogP contribution in [0.15, 0.2) is 40.9 Å². The summed E-state index contributed by atoms with van der Waals surface area (Å²) < 4.78 is 26.4. The fraction of sp³-hybridized carbons (Fsp3) is 0.250. The molecule has 29 heavy (non-hydrogen) atoms. The van der Waals surface area contributed by atoms with Gasteiger partial charge in [-0.2, -0.15) is 4.98 Å². The SMILES string of the molecule is COc1ccc(C(C)NC(=O)c2noc(-c3ccc4c(c3)OCO4)n2)cc1OC. The smallest absolute Gasteiger partial charge is 0.293 e. The number of carbonyl (C=O) groups excluding carboxylic acids is 1. The van der Waals surface area contributed by atoms with Gasteiger partial charge < -0.3 is 28.8 Å². The highest BCUT2D eigenvalue weighted by molar-refractivity contribution is 5.91. The van der Waals surface area contributed by atoms with Gasteiger partial charge in [-0.15, -0.1) is 0 Å². The summed E-state index contributed by atoms with van der Waals surface area (Å²) in [4.78, 5) is 16.7. The van der Waals surface area contributed by atoms with E-state index in [0.717, 1.165) is 5.56 Å². The first-order valence-electron chi connectivity index (χ1n) is 8.85. The number of benzene rings is 2. The molecule has 0 saturated carbocycles. The molecular formula is C20H19N3O6. The number of nitrogens with zero attached hydrogens (tertiary/aromatic N) is 2. The van der Waals surface area contributed by atoms with E-state index in [2.05, 4.69) is 15.5 Å². The topological polar surface area (TPSA) is 105 Å². The van der Waals surface area contributed by atoms with Crippen LogP contribution in [0.2, 0.25) is 0 Å². The summed E-state index contributed by atoms with van der Waals surface area (Å²) in [5, 5.41) is 6.62. The van der Waals surface area contributed by atoms with Gasteiger partial charge in [-0.1, -0.05) is 11.2 Å². The highest BCUT2D eigenvalue weighted by Crippen LogP contribution is 2.35. The number of hydrogen-bond donors (Lipinski definition) is 1. The largest absolute Gasteiger partial charge is 0.493 e. The lowest BCUT2D eigenvalue weighted by atomic mass is 10.1. The Balaban J connectivity index is 1.48. The molecule has 0 saturated heterocycles. The van der Waals surface area contributed by atoms with Crippen LogP contribution in [0, 0.1) is 0 Å². The van der Waals surface area contributed by atoms with E-state index in [0.29, 0.717) is 28.6 Å². The lowest BCUT2D eigenvalue weighted by Crippen LogP contribution is -2.27. The lowest BCUT2D eigenvalue weighted by molar-refractivity contribution is 0.0926. The first-order chi connectivity index (χ1) is 14.1. The summed E-state index contributed by atoms with van der Waals surface area (Å²) in [6.07, 6.45) is 0. The summed E-state index contributed by atoms with van der Waals surface area (Å²) >= 11 is 0. The molecule has 9 nitrogen and oxygen atoms in total. The van der Waals surface area contributed by atoms with E-state index >= 15 is 0 Å². The predicted octanol–water partition coefficient (Wildman–Crippen LogP) is 2.97. The summed E-state index contributed by atoms with van der Waals surface area (Å²) in [7, 11) is 3.12. The molecule has 0 spiro atoms. The molecular weight excluding hydrogens is 378 g/mol. The maximum absolute atomic E-state index is 12.5. The molecule has 0 aliphatic carbocycles. The van der Waals surface area contributed by atoms with E-state index in [1.165, 1.54) is 0 Å². The molecule has 9 heteroatoms. The maximum Gasteiger partial charge on any atom is 0.293 e. The predicted molar refractivity (Wildman–Crippen MR) is 101 cm³/mol. The van der Waals surface area contributed by atoms with Gasteiger partial charge in [0.15, 0.2) is 23.0 Å². The lowest BCUT2D eigenvalue weighted by Gasteiger charge is -2.15. The van der Waals surface area contributed by atoms with Crippen molar-refractivity contribution >= 4 is 5.91 Å². The minimum atomic E-state index is -0.456. The van der Waals surface area contributed by atoms with Crippen LogP contribution in [0.3, 0.4) is 0 Å². The van der Waals surface area contributed by atoms with Gasteiger partial charge in [-0.25, -0.2) is 0 Å². The quantitative estimate of drug-likeness (QED) is 0.677. The number of rotatable bonds is 6. The Kier molecular flexibility index (Phi) is 4.94. The molecule has 1 aliphatic rings. The molecule has 1 atom stereocenters. The first kappa shape index (κ1) is 18.6. The molecule has 150 valence electrons. The second-order valence-electron chi connectivity index (χ2n) is 6.30. The Labute approximate surface area is 166 Å². The molecule has 0 fully saturated rings. The Morgan fingerprint density at radius 1 is 1.07 bits per heavy atom. The van der Waals surface area contributed by atoms with E-state index in [1.807, 2.05) is 13.0 Å². The Morgan fingerprint density at radius 2 is 1.86 bits per heavy atom. The van der Waals surface area contributed by atoms with E-state index in [9.17, 15) is 4.79 Å². The molecule has 0 radical (unpaired) electrons. The molecule has 2 aromatic carbocycles. The number of aromatic nitrogens is 2. The molecule has 3 aromatic rings. The number of fused-ring (bicyclic) bond motifs is 1. The average molecular weight is 397 g/mol. The Morgan fingerprint density at radius 3 is 2.66 bits per heavy atom. The number of carbonyl (C=O) groups is 1. The summed E-state index contributed by atoms with van der Waals surface area (Å²) in [6, 6.07) is 10.4. The fourth-order valence-electron chi connectivity index (χ4n) is 2.93. The van der Waals surface area contributed by atoms with Crippen LogP contribution in [0.1, 0.15) is 29.1 Å². The van der Waals surface area contributed by atoms with Crippen molar-refractivity contribution in [1.29, 1.82) is 0 Å². The van der Waals surface area contributed by atoms with Gasteiger partial charge in [0.25, 0.3) is 17.6 Å². The standard InChI is InChI=1S/C20H19N3O6/c1-11(12-4-6-14(25-2)16(8-12)26-3)21-19(24)18-22-20(29-23-18)13-5-7-15-17(9-13)28-10-27-15/h4-9,11H,10H2,1-3H3,(H,21,24). The fourth-order valence-corrected chi connectivity index (χ4v) is 2.93. The van der Waals surface area contributed by atoms with Gasteiger partial charge >= 0.3 is 0 Å². The summed E-state index contributed by atoms with van der Waals surface area (Å²) in [5.74, 6) is 2.13. The van der Waals surface area contributed by atoms with E-state index in [1.54, 1.807) is 44.6 Å². The van der Waals surface area contributed by atoms with Crippen molar-refractivity contribution in [2.24, 2.45) is 0 Å². The third-order valence-corrected chi connectivity index (χ3v) is 4.50. The summed E-state index contributed by atoms with van der Waals surface area (Å²) in [5.41, 5.74) is 1.48. The Hall–Kier alpha value is -3.75. The van der Waals surface area contributed by atoms with Crippen molar-refractivity contribution in [2.45, 2.75) is 13.0 Å². The van der Waals surface area contributed by atoms with Crippen LogP contribution in [-0.2, 0) is 0 Å². The van der Waals surface area contributed by atoms with Crippen LogP contribution in [0.25, 0.3) is 11.5 Å². The zero-order valence-electron chi connectivity index (χ0n) is 16.1. The van der Waals surface area contributed by atoms with Gasteiger partial charge in [-0.05, 0) is 42.8 Å². The van der Waals surface area contributed by atoms with Gasteiger partial charge in [-0.3, -0.25) is 4.79 Å². The van der Waals surface area contributed by atoms with Crippen LogP contribution < -0.4 is 24.3 Å². The molecule has 0 bridgehead atoms. The normalized spacial score (nSPS) is 13.1. The highest BCUT2D eigenvalue weighted by atomic mass is 16.7. The molecule has 1 aliphatic heterocycles. The third-order valence-electron chi connectivity index (χ3n) is 4.50. The average Bonchev–Trinajstić information content (AvgIpc) is 3.42. The first-order valence-corrected chi connectivity index (χ1v) is 8.85. The zero-order valence-corrected chi connectivity index (χ0v) is 16.1. The van der Waals surface area contributed by atoms with Crippen LogP contribution in [-0.4, -0.2) is 37.1 Å². The number of ether oxygens (including phenoxy) is 4. The second-order valence-corrected chi connectivity index (χ2v) is 6.30. The van der Waals surface area contributed by atoms with Gasteiger partial charge in [0.05, 0.1) is 20.3 Å². The monoisotopic (exact) mass is 397 g/mol. The molecule has 2 heterocycles. The molecule has 1 amide bonds. The van der Waals surface area contributed by atoms with Gasteiger partial charge in [0, 0.05) is 5.56 Å². The van der Waals surface area contributed by atoms with E-state index in [-0.39, 0.29) is 24.5 Å². The molecule has 1 N–H and O–H groups in total. The number of amides is 1. The zero-order chi connectivity index (χ0) is 20.4. The minimum absolute atomic E-state index is 0.0648. The van der Waals surface area contributed by atoms with Crippen LogP contribution >= 0.6 is 0 Å².